The summed E-state index contributed by atoms with van der Waals surface area (Å²) in [5, 5.41) is 6.96. The fourth-order valence-corrected chi connectivity index (χ4v) is 3.91. The summed E-state index contributed by atoms with van der Waals surface area (Å²) in [5.74, 6) is 0. The molecule has 0 bridgehead atoms. The third-order valence-electron chi connectivity index (χ3n) is 5.59. The molecular formula is C28H34N2. The predicted molar refractivity (Wildman–Crippen MR) is 134 cm³/mol. The molecule has 0 fully saturated rings. The second-order valence-corrected chi connectivity index (χ2v) is 10.0. The van der Waals surface area contributed by atoms with Gasteiger partial charge in [0, 0.05) is 34.4 Å². The van der Waals surface area contributed by atoms with Gasteiger partial charge in [0.25, 0.3) is 0 Å². The molecule has 0 aliphatic carbocycles. The largest absolute Gasteiger partial charge is 0.360 e. The fraction of sp³-hybridized carbons (Fsp3) is 0.286. The Morgan fingerprint density at radius 1 is 0.967 bits per heavy atom. The molecule has 2 heteroatoms. The van der Waals surface area contributed by atoms with Gasteiger partial charge in [-0.3, -0.25) is 0 Å². The molecule has 0 saturated heterocycles. The first-order valence-electron chi connectivity index (χ1n) is 10.5. The van der Waals surface area contributed by atoms with Gasteiger partial charge in [-0.25, -0.2) is 0 Å². The minimum absolute atomic E-state index is 0.0227. The number of benzene rings is 2. The molecule has 0 radical (unpaired) electrons. The summed E-state index contributed by atoms with van der Waals surface area (Å²) in [6, 6.07) is 12.7. The van der Waals surface area contributed by atoms with Crippen LogP contribution in [0.4, 0.5) is 11.4 Å². The maximum absolute atomic E-state index is 4.34. The van der Waals surface area contributed by atoms with Crippen molar-refractivity contribution in [2.45, 2.75) is 52.4 Å². The lowest BCUT2D eigenvalue weighted by atomic mass is 9.77. The van der Waals surface area contributed by atoms with Gasteiger partial charge in [-0.15, -0.1) is 0 Å². The molecule has 1 aliphatic rings. The first kappa shape index (κ1) is 21.7. The second-order valence-electron chi connectivity index (χ2n) is 10.0. The Labute approximate surface area is 182 Å². The number of nitrogens with one attached hydrogen (secondary N) is 2. The minimum atomic E-state index is -0.0227. The van der Waals surface area contributed by atoms with Crippen LogP contribution in [0.25, 0.3) is 11.6 Å². The zero-order valence-corrected chi connectivity index (χ0v) is 19.2. The summed E-state index contributed by atoms with van der Waals surface area (Å²) in [7, 11) is 0. The number of hydrogen-bond acceptors (Lipinski definition) is 2. The first-order valence-corrected chi connectivity index (χ1v) is 10.5. The monoisotopic (exact) mass is 398 g/mol. The van der Waals surface area contributed by atoms with E-state index in [1.807, 2.05) is 24.4 Å². The normalized spacial score (nSPS) is 13.8. The Bertz CT molecular complexity index is 1050. The maximum Gasteiger partial charge on any atom is 0.0459 e. The van der Waals surface area contributed by atoms with Gasteiger partial charge in [-0.2, -0.15) is 0 Å². The molecule has 0 spiro atoms. The topological polar surface area (TPSA) is 24.1 Å². The molecule has 156 valence electrons. The summed E-state index contributed by atoms with van der Waals surface area (Å²) in [5.41, 5.74) is 9.72. The minimum Gasteiger partial charge on any atom is -0.360 e. The van der Waals surface area contributed by atoms with Crippen molar-refractivity contribution < 1.29 is 0 Å². The van der Waals surface area contributed by atoms with Gasteiger partial charge < -0.3 is 10.6 Å². The average Bonchev–Trinajstić information content (AvgIpc) is 2.66. The third-order valence-corrected chi connectivity index (χ3v) is 5.59. The number of anilines is 2. The lowest BCUT2D eigenvalue weighted by molar-refractivity contribution is 0.569. The molecule has 2 N–H and O–H groups in total. The molecule has 2 aromatic rings. The van der Waals surface area contributed by atoms with Gasteiger partial charge in [0.05, 0.1) is 0 Å². The van der Waals surface area contributed by atoms with Crippen LogP contribution in [-0.2, 0) is 10.8 Å². The van der Waals surface area contributed by atoms with E-state index >= 15 is 0 Å². The molecule has 2 nitrogen and oxygen atoms in total. The van der Waals surface area contributed by atoms with E-state index in [0.29, 0.717) is 0 Å². The maximum atomic E-state index is 4.34. The number of para-hydroxylation sites is 1. The van der Waals surface area contributed by atoms with Crippen LogP contribution in [0.2, 0.25) is 0 Å². The van der Waals surface area contributed by atoms with E-state index in [0.717, 1.165) is 39.3 Å². The van der Waals surface area contributed by atoms with E-state index in [4.69, 9.17) is 0 Å². The molecule has 0 unspecified atom stereocenters. The summed E-state index contributed by atoms with van der Waals surface area (Å²) < 4.78 is 0. The van der Waals surface area contributed by atoms with Gasteiger partial charge in [-0.1, -0.05) is 91.6 Å². The van der Waals surface area contributed by atoms with Crippen LogP contribution in [0.5, 0.6) is 0 Å². The van der Waals surface area contributed by atoms with Crippen LogP contribution in [-0.4, -0.2) is 0 Å². The van der Waals surface area contributed by atoms with Gasteiger partial charge in [0.2, 0.25) is 0 Å². The van der Waals surface area contributed by atoms with E-state index in [-0.39, 0.29) is 10.8 Å². The fourth-order valence-electron chi connectivity index (χ4n) is 3.91. The quantitative estimate of drug-likeness (QED) is 0.547. The summed E-state index contributed by atoms with van der Waals surface area (Å²) in [6.07, 6.45) is 3.92. The van der Waals surface area contributed by atoms with Crippen molar-refractivity contribution in [2.75, 3.05) is 10.6 Å². The average molecular weight is 399 g/mol. The lowest BCUT2D eigenvalue weighted by Gasteiger charge is -2.30. The Morgan fingerprint density at radius 2 is 1.60 bits per heavy atom. The molecule has 30 heavy (non-hydrogen) atoms. The second kappa shape index (κ2) is 7.68. The zero-order chi connectivity index (χ0) is 22.3. The molecule has 1 aliphatic heterocycles. The van der Waals surface area contributed by atoms with Crippen LogP contribution in [0, 0.1) is 0 Å². The molecule has 2 aromatic carbocycles. The van der Waals surface area contributed by atoms with Gasteiger partial charge in [-0.05, 0) is 45.2 Å². The van der Waals surface area contributed by atoms with E-state index in [2.05, 4.69) is 96.2 Å². The third kappa shape index (κ3) is 4.14. The van der Waals surface area contributed by atoms with E-state index in [9.17, 15) is 0 Å². The molecule has 0 atom stereocenters. The van der Waals surface area contributed by atoms with Gasteiger partial charge in [0.15, 0.2) is 0 Å². The Balaban J connectivity index is 2.02. The lowest BCUT2D eigenvalue weighted by Crippen LogP contribution is -2.20. The highest BCUT2D eigenvalue weighted by molar-refractivity contribution is 5.92. The Morgan fingerprint density at radius 3 is 2.20 bits per heavy atom. The standard InChI is InChI=1S/C28H34N2/c1-10-20-15-26(24(28(7,8)9)16-23(20)27(4,5)6)30-19(3)22-17-29-25-14-12-11-13-21(25)18(22)2/h10-17,29-30H,1-3H2,4-9H3. The van der Waals surface area contributed by atoms with Crippen molar-refractivity contribution in [1.82, 2.24) is 0 Å². The number of rotatable bonds is 4. The van der Waals surface area contributed by atoms with Crippen LogP contribution in [0.15, 0.2) is 73.6 Å². The van der Waals surface area contributed by atoms with E-state index in [1.165, 1.54) is 11.1 Å². The van der Waals surface area contributed by atoms with Gasteiger partial charge in [0.1, 0.15) is 0 Å². The van der Waals surface area contributed by atoms with Crippen LogP contribution in [0.3, 0.4) is 0 Å². The summed E-state index contributed by atoms with van der Waals surface area (Å²) >= 11 is 0. The number of fused-ring (bicyclic) bond motifs is 1. The summed E-state index contributed by atoms with van der Waals surface area (Å²) in [6.45, 7) is 26.2. The smallest absolute Gasteiger partial charge is 0.0459 e. The highest BCUT2D eigenvalue weighted by Crippen LogP contribution is 2.40. The number of allylic oxidation sites excluding steroid dienone is 1. The van der Waals surface area contributed by atoms with E-state index in [1.54, 1.807) is 0 Å². The van der Waals surface area contributed by atoms with Crippen molar-refractivity contribution in [1.29, 1.82) is 0 Å². The van der Waals surface area contributed by atoms with Crippen LogP contribution in [0.1, 0.15) is 63.8 Å². The molecule has 0 aromatic heterocycles. The summed E-state index contributed by atoms with van der Waals surface area (Å²) in [4.78, 5) is 0. The van der Waals surface area contributed by atoms with Crippen molar-refractivity contribution in [3.63, 3.8) is 0 Å². The SMILES string of the molecule is C=Cc1cc(NC(=C)C2=CNc3ccccc3C2=C)c(C(C)(C)C)cc1C(C)(C)C. The molecule has 0 saturated carbocycles. The highest BCUT2D eigenvalue weighted by Gasteiger charge is 2.25. The van der Waals surface area contributed by atoms with E-state index < -0.39 is 0 Å². The van der Waals surface area contributed by atoms with Crippen molar-refractivity contribution in [2.24, 2.45) is 0 Å². The molecular weight excluding hydrogens is 364 g/mol. The first-order chi connectivity index (χ1) is 13.9. The van der Waals surface area contributed by atoms with Crippen molar-refractivity contribution >= 4 is 23.0 Å². The van der Waals surface area contributed by atoms with Crippen molar-refractivity contribution in [3.8, 4) is 0 Å². The number of hydrogen-bond donors (Lipinski definition) is 2. The van der Waals surface area contributed by atoms with Crippen LogP contribution >= 0.6 is 0 Å². The molecule has 0 amide bonds. The Hall–Kier alpha value is -3.00. The molecule has 3 rings (SSSR count). The van der Waals surface area contributed by atoms with Crippen LogP contribution < -0.4 is 10.6 Å². The van der Waals surface area contributed by atoms with Crippen molar-refractivity contribution in [3.05, 3.63) is 95.9 Å². The highest BCUT2D eigenvalue weighted by atomic mass is 14.9. The van der Waals surface area contributed by atoms with Gasteiger partial charge >= 0.3 is 0 Å². The predicted octanol–water partition coefficient (Wildman–Crippen LogP) is 7.87. The molecule has 1 heterocycles. The zero-order valence-electron chi connectivity index (χ0n) is 19.2. The Kier molecular flexibility index (Phi) is 5.56.